The smallest absolute Gasteiger partial charge is 0.338 e. The Morgan fingerprint density at radius 3 is 2.52 bits per heavy atom. The second kappa shape index (κ2) is 9.55. The molecule has 1 aliphatic rings. The van der Waals surface area contributed by atoms with E-state index in [4.69, 9.17) is 23.5 Å². The molecule has 2 rings (SSSR count). The summed E-state index contributed by atoms with van der Waals surface area (Å²) < 4.78 is 54.8. The summed E-state index contributed by atoms with van der Waals surface area (Å²) in [6.07, 6.45) is -4.68. The second-order valence-electron chi connectivity index (χ2n) is 5.77. The van der Waals surface area contributed by atoms with Crippen molar-refractivity contribution in [3.8, 4) is 0 Å². The standard InChI is InChI=1S/C16H23NO9S/c1-3-24-14-12(17-27(20,21)22)13(18)11(26-16(14)23-2)9-25-15(19)10-7-5-4-6-8-10/h4-8,11-14,16-18H,3,9H2,1-2H3,(H,20,21,22)/t11-,12+,13-,14+,16+/m1/s1. The van der Waals surface area contributed by atoms with Crippen molar-refractivity contribution in [1.29, 1.82) is 0 Å². The van der Waals surface area contributed by atoms with Crippen LogP contribution < -0.4 is 4.72 Å². The third kappa shape index (κ3) is 5.94. The summed E-state index contributed by atoms with van der Waals surface area (Å²) in [6, 6.07) is 6.93. The van der Waals surface area contributed by atoms with Crippen molar-refractivity contribution >= 4 is 16.3 Å². The molecular weight excluding hydrogens is 382 g/mol. The van der Waals surface area contributed by atoms with Gasteiger partial charge in [0.05, 0.1) is 11.6 Å². The summed E-state index contributed by atoms with van der Waals surface area (Å²) >= 11 is 0. The van der Waals surface area contributed by atoms with E-state index in [0.717, 1.165) is 0 Å². The van der Waals surface area contributed by atoms with Crippen LogP contribution in [0.15, 0.2) is 30.3 Å². The normalized spacial score (nSPS) is 28.7. The molecular formula is C16H23NO9S. The lowest BCUT2D eigenvalue weighted by atomic mass is 9.97. The van der Waals surface area contributed by atoms with Gasteiger partial charge in [-0.05, 0) is 19.1 Å². The van der Waals surface area contributed by atoms with Crippen molar-refractivity contribution in [2.45, 2.75) is 37.6 Å². The van der Waals surface area contributed by atoms with Gasteiger partial charge in [0, 0.05) is 13.7 Å². The van der Waals surface area contributed by atoms with Crippen LogP contribution >= 0.6 is 0 Å². The molecule has 0 saturated carbocycles. The molecule has 0 aliphatic carbocycles. The zero-order chi connectivity index (χ0) is 20.0. The SMILES string of the molecule is CCO[C@@H]1[C@@H](OC)O[C@H](COC(=O)c2ccccc2)[C@@H](O)[C@@H]1NS(=O)(=O)O. The molecule has 152 valence electrons. The van der Waals surface area contributed by atoms with Crippen LogP contribution in [0.5, 0.6) is 0 Å². The highest BCUT2D eigenvalue weighted by molar-refractivity contribution is 7.83. The molecule has 1 aliphatic heterocycles. The number of esters is 1. The Bertz CT molecular complexity index is 712. The van der Waals surface area contributed by atoms with Crippen LogP contribution in [0, 0.1) is 0 Å². The van der Waals surface area contributed by atoms with E-state index < -0.39 is 46.9 Å². The van der Waals surface area contributed by atoms with E-state index in [9.17, 15) is 18.3 Å². The first-order valence-electron chi connectivity index (χ1n) is 8.21. The minimum Gasteiger partial charge on any atom is -0.459 e. The van der Waals surface area contributed by atoms with E-state index in [1.165, 1.54) is 7.11 Å². The van der Waals surface area contributed by atoms with Crippen molar-refractivity contribution in [1.82, 2.24) is 4.72 Å². The summed E-state index contributed by atoms with van der Waals surface area (Å²) in [6.45, 7) is 1.48. The lowest BCUT2D eigenvalue weighted by Gasteiger charge is -2.43. The highest BCUT2D eigenvalue weighted by atomic mass is 32.2. The largest absolute Gasteiger partial charge is 0.459 e. The van der Waals surface area contributed by atoms with E-state index in [-0.39, 0.29) is 13.2 Å². The molecule has 1 fully saturated rings. The monoisotopic (exact) mass is 405 g/mol. The number of hydrogen-bond donors (Lipinski definition) is 3. The zero-order valence-electron chi connectivity index (χ0n) is 14.8. The van der Waals surface area contributed by atoms with Gasteiger partial charge in [-0.3, -0.25) is 4.55 Å². The Morgan fingerprint density at radius 2 is 1.96 bits per heavy atom. The van der Waals surface area contributed by atoms with Gasteiger partial charge in [-0.2, -0.15) is 13.1 Å². The fourth-order valence-corrected chi connectivity index (χ4v) is 3.37. The lowest BCUT2D eigenvalue weighted by molar-refractivity contribution is -0.278. The minimum atomic E-state index is -4.65. The maximum Gasteiger partial charge on any atom is 0.338 e. The number of aliphatic hydroxyl groups excluding tert-OH is 1. The Morgan fingerprint density at radius 1 is 1.30 bits per heavy atom. The number of rotatable bonds is 8. The van der Waals surface area contributed by atoms with Gasteiger partial charge in [0.1, 0.15) is 24.9 Å². The predicted octanol–water partition coefficient (Wildman–Crippen LogP) is -0.258. The fourth-order valence-electron chi connectivity index (χ4n) is 2.75. The molecule has 27 heavy (non-hydrogen) atoms. The van der Waals surface area contributed by atoms with Crippen LogP contribution in [0.3, 0.4) is 0 Å². The molecule has 1 aromatic carbocycles. The van der Waals surface area contributed by atoms with Gasteiger partial charge >= 0.3 is 16.3 Å². The van der Waals surface area contributed by atoms with Crippen LogP contribution in [0.4, 0.5) is 0 Å². The molecule has 1 heterocycles. The number of hydrogen-bond acceptors (Lipinski definition) is 8. The van der Waals surface area contributed by atoms with E-state index in [0.29, 0.717) is 5.56 Å². The first-order valence-corrected chi connectivity index (χ1v) is 9.65. The third-order valence-electron chi connectivity index (χ3n) is 3.94. The molecule has 11 heteroatoms. The van der Waals surface area contributed by atoms with E-state index >= 15 is 0 Å². The molecule has 1 aromatic rings. The molecule has 5 atom stereocenters. The number of benzene rings is 1. The van der Waals surface area contributed by atoms with Gasteiger partial charge in [-0.25, -0.2) is 4.79 Å². The Kier molecular flexibility index (Phi) is 7.68. The van der Waals surface area contributed by atoms with Crippen molar-refractivity contribution in [3.05, 3.63) is 35.9 Å². The van der Waals surface area contributed by atoms with E-state index in [1.807, 2.05) is 4.72 Å². The van der Waals surface area contributed by atoms with Crippen molar-refractivity contribution in [2.24, 2.45) is 0 Å². The quantitative estimate of drug-likeness (QED) is 0.394. The van der Waals surface area contributed by atoms with E-state index in [2.05, 4.69) is 0 Å². The van der Waals surface area contributed by atoms with Gasteiger partial charge in [-0.15, -0.1) is 0 Å². The fraction of sp³-hybridized carbons (Fsp3) is 0.562. The molecule has 10 nitrogen and oxygen atoms in total. The van der Waals surface area contributed by atoms with E-state index in [1.54, 1.807) is 37.3 Å². The average Bonchev–Trinajstić information content (AvgIpc) is 2.63. The van der Waals surface area contributed by atoms with Crippen LogP contribution in [0.1, 0.15) is 17.3 Å². The Labute approximate surface area is 157 Å². The molecule has 1 saturated heterocycles. The third-order valence-corrected chi connectivity index (χ3v) is 4.51. The van der Waals surface area contributed by atoms with Crippen LogP contribution in [0.25, 0.3) is 0 Å². The summed E-state index contributed by atoms with van der Waals surface area (Å²) in [4.78, 5) is 12.1. The minimum absolute atomic E-state index is 0.178. The van der Waals surface area contributed by atoms with Gasteiger partial charge in [0.15, 0.2) is 6.29 Å². The summed E-state index contributed by atoms with van der Waals surface area (Å²) in [5, 5.41) is 10.5. The average molecular weight is 405 g/mol. The molecule has 3 N–H and O–H groups in total. The Hall–Kier alpha value is -1.60. The zero-order valence-corrected chi connectivity index (χ0v) is 15.7. The topological polar surface area (TPSA) is 141 Å². The summed E-state index contributed by atoms with van der Waals surface area (Å²) in [5.74, 6) is -0.633. The van der Waals surface area contributed by atoms with Gasteiger partial charge < -0.3 is 24.1 Å². The number of nitrogens with one attached hydrogen (secondary N) is 1. The van der Waals surface area contributed by atoms with Crippen molar-refractivity contribution in [3.63, 3.8) is 0 Å². The highest BCUT2D eigenvalue weighted by Gasteiger charge is 2.48. The second-order valence-corrected chi connectivity index (χ2v) is 6.96. The molecule has 0 spiro atoms. The molecule has 0 aromatic heterocycles. The number of ether oxygens (including phenoxy) is 4. The van der Waals surface area contributed by atoms with Gasteiger partial charge in [0.2, 0.25) is 0 Å². The Balaban J connectivity index is 2.13. The predicted molar refractivity (Wildman–Crippen MR) is 92.3 cm³/mol. The van der Waals surface area contributed by atoms with Gasteiger partial charge in [0.25, 0.3) is 0 Å². The number of aliphatic hydroxyl groups is 1. The van der Waals surface area contributed by atoms with Crippen LogP contribution in [-0.2, 0) is 29.3 Å². The van der Waals surface area contributed by atoms with Crippen LogP contribution in [0.2, 0.25) is 0 Å². The highest BCUT2D eigenvalue weighted by Crippen LogP contribution is 2.25. The molecule has 0 bridgehead atoms. The van der Waals surface area contributed by atoms with Crippen molar-refractivity contribution in [2.75, 3.05) is 20.3 Å². The summed E-state index contributed by atoms with van der Waals surface area (Å²) in [5.41, 5.74) is 0.311. The number of carbonyl (C=O) groups is 1. The maximum absolute atomic E-state index is 12.1. The number of carbonyl (C=O) groups excluding carboxylic acids is 1. The lowest BCUT2D eigenvalue weighted by Crippen LogP contribution is -2.65. The molecule has 0 radical (unpaired) electrons. The first-order chi connectivity index (χ1) is 12.8. The first kappa shape index (κ1) is 21.7. The van der Waals surface area contributed by atoms with Crippen LogP contribution in [-0.4, -0.2) is 75.0 Å². The number of methoxy groups -OCH3 is 1. The summed E-state index contributed by atoms with van der Waals surface area (Å²) in [7, 11) is -3.33. The maximum atomic E-state index is 12.1. The molecule has 0 unspecified atom stereocenters. The van der Waals surface area contributed by atoms with Crippen molar-refractivity contribution < 1.29 is 41.8 Å². The molecule has 0 amide bonds. The van der Waals surface area contributed by atoms with Gasteiger partial charge in [-0.1, -0.05) is 18.2 Å².